The molecule has 2 atom stereocenters. The van der Waals surface area contributed by atoms with Crippen LogP contribution in [0.15, 0.2) is 4.99 Å². The number of rotatable bonds is 7. The number of guanidine groups is 1. The predicted molar refractivity (Wildman–Crippen MR) is 105 cm³/mol. The van der Waals surface area contributed by atoms with Crippen LogP contribution >= 0.6 is 24.0 Å². The number of halogens is 1. The Morgan fingerprint density at radius 3 is 2.30 bits per heavy atom. The van der Waals surface area contributed by atoms with Crippen LogP contribution in [-0.2, 0) is 14.8 Å². The van der Waals surface area contributed by atoms with Crippen molar-refractivity contribution in [2.24, 2.45) is 4.99 Å². The van der Waals surface area contributed by atoms with E-state index in [1.165, 1.54) is 4.31 Å². The van der Waals surface area contributed by atoms with Crippen molar-refractivity contribution in [3.05, 3.63) is 0 Å². The average molecular weight is 462 g/mol. The summed E-state index contributed by atoms with van der Waals surface area (Å²) in [7, 11) is -1.59. The van der Waals surface area contributed by atoms with Gasteiger partial charge in [0.2, 0.25) is 10.0 Å². The molecule has 0 radical (unpaired) electrons. The molecule has 0 aromatic rings. The third kappa shape index (κ3) is 8.50. The molecular weight excluding hydrogens is 431 g/mol. The third-order valence-corrected chi connectivity index (χ3v) is 5.28. The number of sulfonamides is 1. The highest BCUT2D eigenvalue weighted by Crippen LogP contribution is 2.14. The molecule has 0 aliphatic carbocycles. The van der Waals surface area contributed by atoms with E-state index in [2.05, 4.69) is 22.5 Å². The first-order chi connectivity index (χ1) is 10.4. The quantitative estimate of drug-likeness (QED) is 0.256. The van der Waals surface area contributed by atoms with Crippen LogP contribution in [0.3, 0.4) is 0 Å². The van der Waals surface area contributed by atoms with E-state index in [1.807, 2.05) is 13.8 Å². The number of aliphatic imine (C=N–C) groups is 1. The molecule has 0 spiro atoms. The molecule has 138 valence electrons. The highest BCUT2D eigenvalue weighted by Gasteiger charge is 2.30. The van der Waals surface area contributed by atoms with E-state index < -0.39 is 10.0 Å². The molecule has 0 aromatic heterocycles. The summed E-state index contributed by atoms with van der Waals surface area (Å²) in [6.45, 7) is 7.95. The fourth-order valence-electron chi connectivity index (χ4n) is 2.39. The Kier molecular flexibility index (Phi) is 11.4. The van der Waals surface area contributed by atoms with E-state index >= 15 is 0 Å². The first kappa shape index (κ1) is 22.9. The van der Waals surface area contributed by atoms with Gasteiger partial charge in [-0.2, -0.15) is 4.31 Å². The van der Waals surface area contributed by atoms with E-state index in [1.54, 1.807) is 7.05 Å². The number of hydrogen-bond donors (Lipinski definition) is 2. The van der Waals surface area contributed by atoms with E-state index in [0.29, 0.717) is 25.6 Å². The minimum absolute atomic E-state index is 0. The monoisotopic (exact) mass is 462 g/mol. The van der Waals surface area contributed by atoms with Gasteiger partial charge in [-0.05, 0) is 20.3 Å². The molecule has 9 heteroatoms. The predicted octanol–water partition coefficient (Wildman–Crippen LogP) is 1.01. The van der Waals surface area contributed by atoms with Crippen LogP contribution in [0, 0.1) is 0 Å². The molecule has 0 amide bonds. The minimum Gasteiger partial charge on any atom is -0.373 e. The molecule has 1 heterocycles. The van der Waals surface area contributed by atoms with Gasteiger partial charge in [-0.3, -0.25) is 4.99 Å². The van der Waals surface area contributed by atoms with Crippen LogP contribution in [0.25, 0.3) is 0 Å². The normalized spacial score (nSPS) is 23.2. The summed E-state index contributed by atoms with van der Waals surface area (Å²) >= 11 is 0. The van der Waals surface area contributed by atoms with Crippen molar-refractivity contribution in [2.75, 3.05) is 39.0 Å². The van der Waals surface area contributed by atoms with E-state index in [-0.39, 0.29) is 41.9 Å². The van der Waals surface area contributed by atoms with Gasteiger partial charge in [0.25, 0.3) is 0 Å². The topological polar surface area (TPSA) is 83.0 Å². The van der Waals surface area contributed by atoms with Gasteiger partial charge in [-0.25, -0.2) is 8.42 Å². The van der Waals surface area contributed by atoms with Crippen molar-refractivity contribution in [1.29, 1.82) is 0 Å². The zero-order valence-corrected chi connectivity index (χ0v) is 17.7. The van der Waals surface area contributed by atoms with Gasteiger partial charge in [0.1, 0.15) is 0 Å². The summed E-state index contributed by atoms with van der Waals surface area (Å²) in [5.74, 6) is 0.702. The van der Waals surface area contributed by atoms with E-state index in [9.17, 15) is 8.42 Å². The second kappa shape index (κ2) is 11.4. The lowest BCUT2D eigenvalue weighted by Crippen LogP contribution is -2.50. The lowest BCUT2D eigenvalue weighted by Gasteiger charge is -2.34. The zero-order chi connectivity index (χ0) is 16.6. The molecule has 7 nitrogen and oxygen atoms in total. The molecule has 1 saturated heterocycles. The Morgan fingerprint density at radius 1 is 1.22 bits per heavy atom. The first-order valence-corrected chi connectivity index (χ1v) is 9.57. The van der Waals surface area contributed by atoms with Crippen LogP contribution in [0.1, 0.15) is 33.6 Å². The van der Waals surface area contributed by atoms with Crippen molar-refractivity contribution in [1.82, 2.24) is 14.9 Å². The Bertz CT molecular complexity index is 449. The van der Waals surface area contributed by atoms with Crippen LogP contribution in [0.4, 0.5) is 0 Å². The molecule has 0 aromatic carbocycles. The van der Waals surface area contributed by atoms with E-state index in [0.717, 1.165) is 19.4 Å². The number of nitrogens with one attached hydrogen (secondary N) is 2. The lowest BCUT2D eigenvalue weighted by atomic mass is 10.3. The molecule has 23 heavy (non-hydrogen) atoms. The minimum atomic E-state index is -3.27. The molecule has 1 rings (SSSR count). The van der Waals surface area contributed by atoms with Gasteiger partial charge < -0.3 is 15.4 Å². The maximum atomic E-state index is 12.4. The fraction of sp³-hybridized carbons (Fsp3) is 0.929. The molecular formula is C14H31IN4O3S. The zero-order valence-electron chi connectivity index (χ0n) is 14.5. The molecule has 1 aliphatic rings. The Balaban J connectivity index is 0.00000484. The summed E-state index contributed by atoms with van der Waals surface area (Å²) in [4.78, 5) is 4.08. The number of nitrogens with zero attached hydrogens (tertiary/aromatic N) is 2. The van der Waals surface area contributed by atoms with Gasteiger partial charge in [0, 0.05) is 33.2 Å². The Labute approximate surface area is 157 Å². The van der Waals surface area contributed by atoms with E-state index in [4.69, 9.17) is 4.74 Å². The maximum Gasteiger partial charge on any atom is 0.216 e. The summed E-state index contributed by atoms with van der Waals surface area (Å²) in [6.07, 6.45) is 2.04. The summed E-state index contributed by atoms with van der Waals surface area (Å²) in [5.41, 5.74) is 0. The molecule has 0 saturated carbocycles. The number of hydrogen-bond acceptors (Lipinski definition) is 4. The highest BCUT2D eigenvalue weighted by atomic mass is 127. The van der Waals surface area contributed by atoms with Crippen molar-refractivity contribution in [3.8, 4) is 0 Å². The van der Waals surface area contributed by atoms with Gasteiger partial charge in [0.05, 0.1) is 18.0 Å². The van der Waals surface area contributed by atoms with Crippen molar-refractivity contribution in [3.63, 3.8) is 0 Å². The Hall–Kier alpha value is -0.130. The van der Waals surface area contributed by atoms with Crippen LogP contribution < -0.4 is 10.6 Å². The maximum absolute atomic E-state index is 12.4. The smallest absolute Gasteiger partial charge is 0.216 e. The van der Waals surface area contributed by atoms with Crippen LogP contribution in [-0.4, -0.2) is 69.9 Å². The van der Waals surface area contributed by atoms with Gasteiger partial charge in [0.15, 0.2) is 5.96 Å². The van der Waals surface area contributed by atoms with Crippen molar-refractivity contribution >= 4 is 40.0 Å². The lowest BCUT2D eigenvalue weighted by molar-refractivity contribution is -0.0440. The summed E-state index contributed by atoms with van der Waals surface area (Å²) in [6, 6.07) is 0. The molecule has 0 bridgehead atoms. The summed E-state index contributed by atoms with van der Waals surface area (Å²) < 4.78 is 31.9. The first-order valence-electron chi connectivity index (χ1n) is 7.96. The second-order valence-electron chi connectivity index (χ2n) is 5.67. The number of ether oxygens (including phenoxy) is 1. The SMILES string of the molecule is CCCCNC(=NC)NCCS(=O)(=O)N1CC(C)OC(C)C1.I. The number of unbranched alkanes of at least 4 members (excludes halogenated alkanes) is 1. The van der Waals surface area contributed by atoms with Gasteiger partial charge in [-0.1, -0.05) is 13.3 Å². The largest absolute Gasteiger partial charge is 0.373 e. The third-order valence-electron chi connectivity index (χ3n) is 3.48. The standard InChI is InChI=1S/C14H30N4O3S.HI/c1-5-6-7-16-14(15-4)17-8-9-22(19,20)18-10-12(2)21-13(3)11-18;/h12-13H,5-11H2,1-4H3,(H2,15,16,17);1H. The van der Waals surface area contributed by atoms with Gasteiger partial charge >= 0.3 is 0 Å². The highest BCUT2D eigenvalue weighted by molar-refractivity contribution is 14.0. The summed E-state index contributed by atoms with van der Waals surface area (Å²) in [5, 5.41) is 6.21. The second-order valence-corrected chi connectivity index (χ2v) is 7.76. The van der Waals surface area contributed by atoms with Crippen LogP contribution in [0.2, 0.25) is 0 Å². The Morgan fingerprint density at radius 2 is 1.78 bits per heavy atom. The average Bonchev–Trinajstić information content (AvgIpc) is 2.44. The fourth-order valence-corrected chi connectivity index (χ4v) is 3.88. The molecule has 2 unspecified atom stereocenters. The van der Waals surface area contributed by atoms with Crippen LogP contribution in [0.5, 0.6) is 0 Å². The number of morpholine rings is 1. The van der Waals surface area contributed by atoms with Crippen molar-refractivity contribution < 1.29 is 13.2 Å². The van der Waals surface area contributed by atoms with Gasteiger partial charge in [-0.15, -0.1) is 24.0 Å². The van der Waals surface area contributed by atoms with Crippen molar-refractivity contribution in [2.45, 2.75) is 45.8 Å². The molecule has 1 fully saturated rings. The molecule has 1 aliphatic heterocycles. The molecule has 2 N–H and O–H groups in total.